The lowest BCUT2D eigenvalue weighted by Gasteiger charge is -2.24. The van der Waals surface area contributed by atoms with Crippen molar-refractivity contribution in [3.05, 3.63) is 0 Å². The Labute approximate surface area is 73.4 Å². The minimum absolute atomic E-state index is 0.611. The molecule has 0 N–H and O–H groups in total. The molecule has 0 aliphatic carbocycles. The summed E-state index contributed by atoms with van der Waals surface area (Å²) in [6.45, 7) is 0. The van der Waals surface area contributed by atoms with Gasteiger partial charge in [0.2, 0.25) is 0 Å². The van der Waals surface area contributed by atoms with Crippen LogP contribution in [-0.2, 0) is 4.74 Å². The Morgan fingerprint density at radius 2 is 1.43 bits per heavy atom. The van der Waals surface area contributed by atoms with Gasteiger partial charge in [-0.1, -0.05) is 0 Å². The molecule has 84 valence electrons. The summed E-state index contributed by atoms with van der Waals surface area (Å²) in [7, 11) is 0.680. The average Bonchev–Trinajstić information content (AvgIpc) is 1.79. The van der Waals surface area contributed by atoms with Crippen LogP contribution in [0.25, 0.3) is 0 Å². The van der Waals surface area contributed by atoms with Gasteiger partial charge >= 0.3 is 18.4 Å². The SMILES string of the molecule is CN=CC(F)(OC(F)(F)F)C(F)(F)F. The molecule has 0 fully saturated rings. The van der Waals surface area contributed by atoms with E-state index in [2.05, 4.69) is 9.73 Å². The second kappa shape index (κ2) is 3.71. The molecule has 0 aromatic heterocycles. The minimum atomic E-state index is -5.85. The number of ether oxygens (including phenoxy) is 1. The van der Waals surface area contributed by atoms with Gasteiger partial charge in [0, 0.05) is 7.05 Å². The van der Waals surface area contributed by atoms with E-state index in [-0.39, 0.29) is 0 Å². The van der Waals surface area contributed by atoms with E-state index >= 15 is 0 Å². The molecule has 0 bridgehead atoms. The van der Waals surface area contributed by atoms with Gasteiger partial charge in [0.05, 0.1) is 6.21 Å². The van der Waals surface area contributed by atoms with Gasteiger partial charge in [0.1, 0.15) is 0 Å². The normalized spacial score (nSPS) is 18.6. The molecule has 2 nitrogen and oxygen atoms in total. The highest BCUT2D eigenvalue weighted by molar-refractivity contribution is 5.67. The number of hydrogen-bond donors (Lipinski definition) is 0. The molecule has 1 unspecified atom stereocenters. The molecular formula is C5H4F7NO. The summed E-state index contributed by atoms with van der Waals surface area (Å²) in [5, 5.41) is 0. The van der Waals surface area contributed by atoms with Gasteiger partial charge in [-0.3, -0.25) is 4.99 Å². The summed E-state index contributed by atoms with van der Waals surface area (Å²) in [5.41, 5.74) is 0. The van der Waals surface area contributed by atoms with E-state index in [0.29, 0.717) is 7.05 Å². The predicted octanol–water partition coefficient (Wildman–Crippen LogP) is 2.45. The highest BCUT2D eigenvalue weighted by Gasteiger charge is 2.61. The lowest BCUT2D eigenvalue weighted by Crippen LogP contribution is -2.48. The molecule has 0 heterocycles. The fraction of sp³-hybridized carbons (Fsp3) is 0.800. The van der Waals surface area contributed by atoms with E-state index in [0.717, 1.165) is 0 Å². The van der Waals surface area contributed by atoms with Gasteiger partial charge in [0.25, 0.3) is 0 Å². The Morgan fingerprint density at radius 1 is 1.00 bits per heavy atom. The zero-order valence-electron chi connectivity index (χ0n) is 6.58. The van der Waals surface area contributed by atoms with Gasteiger partial charge in [-0.2, -0.15) is 17.6 Å². The van der Waals surface area contributed by atoms with Crippen molar-refractivity contribution in [2.75, 3.05) is 7.05 Å². The number of halogens is 7. The lowest BCUT2D eigenvalue weighted by molar-refractivity contribution is -0.424. The molecule has 0 aromatic rings. The van der Waals surface area contributed by atoms with Crippen molar-refractivity contribution >= 4 is 6.21 Å². The van der Waals surface area contributed by atoms with Crippen LogP contribution in [0.5, 0.6) is 0 Å². The second-order valence-electron chi connectivity index (χ2n) is 2.08. The van der Waals surface area contributed by atoms with E-state index in [9.17, 15) is 30.7 Å². The van der Waals surface area contributed by atoms with Crippen molar-refractivity contribution in [3.8, 4) is 0 Å². The highest BCUT2D eigenvalue weighted by atomic mass is 19.4. The van der Waals surface area contributed by atoms with E-state index < -0.39 is 24.6 Å². The smallest absolute Gasteiger partial charge is 0.295 e. The molecule has 0 aliphatic rings. The zero-order chi connectivity index (χ0) is 11.6. The number of aliphatic imine (C=N–C) groups is 1. The van der Waals surface area contributed by atoms with E-state index in [1.807, 2.05) is 0 Å². The third-order valence-corrected chi connectivity index (χ3v) is 0.946. The Morgan fingerprint density at radius 3 is 1.64 bits per heavy atom. The topological polar surface area (TPSA) is 21.6 Å². The average molecular weight is 227 g/mol. The van der Waals surface area contributed by atoms with Gasteiger partial charge in [0.15, 0.2) is 0 Å². The third-order valence-electron chi connectivity index (χ3n) is 0.946. The molecule has 0 rings (SSSR count). The quantitative estimate of drug-likeness (QED) is 0.524. The summed E-state index contributed by atoms with van der Waals surface area (Å²) >= 11 is 0. The lowest BCUT2D eigenvalue weighted by atomic mass is 10.3. The fourth-order valence-corrected chi connectivity index (χ4v) is 0.492. The zero-order valence-corrected chi connectivity index (χ0v) is 6.58. The van der Waals surface area contributed by atoms with Gasteiger partial charge in [-0.25, -0.2) is 4.74 Å². The predicted molar refractivity (Wildman–Crippen MR) is 31.4 cm³/mol. The maximum absolute atomic E-state index is 12.6. The van der Waals surface area contributed by atoms with Crippen molar-refractivity contribution in [1.82, 2.24) is 0 Å². The summed E-state index contributed by atoms with van der Waals surface area (Å²) in [5.74, 6) is -4.94. The molecule has 0 saturated heterocycles. The Kier molecular flexibility index (Phi) is 3.49. The molecule has 0 aromatic carbocycles. The molecule has 0 aliphatic heterocycles. The summed E-state index contributed by atoms with van der Waals surface area (Å²) in [6.07, 6.45) is -12.2. The summed E-state index contributed by atoms with van der Waals surface area (Å²) in [4.78, 5) is 2.51. The standard InChI is InChI=1S/C5H4F7NO/c1-13-2-3(6,4(7,8)9)14-5(10,11)12/h2H,1H3. The van der Waals surface area contributed by atoms with Crippen LogP contribution in [0.2, 0.25) is 0 Å². The van der Waals surface area contributed by atoms with Crippen LogP contribution in [0.15, 0.2) is 4.99 Å². The number of nitrogens with zero attached hydrogens (tertiary/aromatic N) is 1. The van der Waals surface area contributed by atoms with E-state index in [1.54, 1.807) is 0 Å². The Balaban J connectivity index is 4.93. The van der Waals surface area contributed by atoms with Crippen molar-refractivity contribution in [1.29, 1.82) is 0 Å². The number of rotatable bonds is 2. The van der Waals surface area contributed by atoms with Crippen LogP contribution >= 0.6 is 0 Å². The third kappa shape index (κ3) is 3.48. The molecule has 0 amide bonds. The first-order valence-electron chi connectivity index (χ1n) is 2.98. The molecule has 0 radical (unpaired) electrons. The Hall–Kier alpha value is -0.860. The Bertz CT molecular complexity index is 219. The molecule has 9 heteroatoms. The number of alkyl halides is 7. The largest absolute Gasteiger partial charge is 0.525 e. The van der Waals surface area contributed by atoms with Crippen molar-refractivity contribution in [2.45, 2.75) is 18.4 Å². The van der Waals surface area contributed by atoms with Gasteiger partial charge in [-0.05, 0) is 0 Å². The van der Waals surface area contributed by atoms with Crippen LogP contribution in [0.4, 0.5) is 30.7 Å². The fourth-order valence-electron chi connectivity index (χ4n) is 0.492. The summed E-state index contributed by atoms with van der Waals surface area (Å²) in [6, 6.07) is 0. The molecule has 14 heavy (non-hydrogen) atoms. The van der Waals surface area contributed by atoms with Crippen molar-refractivity contribution in [3.63, 3.8) is 0 Å². The maximum atomic E-state index is 12.6. The van der Waals surface area contributed by atoms with Crippen molar-refractivity contribution < 1.29 is 35.5 Å². The highest BCUT2D eigenvalue weighted by Crippen LogP contribution is 2.38. The number of hydrogen-bond acceptors (Lipinski definition) is 2. The van der Waals surface area contributed by atoms with Crippen molar-refractivity contribution in [2.24, 2.45) is 4.99 Å². The molecule has 0 saturated carbocycles. The monoisotopic (exact) mass is 227 g/mol. The van der Waals surface area contributed by atoms with Crippen LogP contribution < -0.4 is 0 Å². The first kappa shape index (κ1) is 13.1. The second-order valence-corrected chi connectivity index (χ2v) is 2.08. The summed E-state index contributed by atoms with van der Waals surface area (Å²) < 4.78 is 84.2. The van der Waals surface area contributed by atoms with Crippen LogP contribution in [-0.4, -0.2) is 31.7 Å². The molecule has 0 spiro atoms. The first-order chi connectivity index (χ1) is 6.02. The molecular weight excluding hydrogens is 223 g/mol. The molecule has 1 atom stereocenters. The van der Waals surface area contributed by atoms with Crippen LogP contribution in [0.1, 0.15) is 0 Å². The van der Waals surface area contributed by atoms with Gasteiger partial charge in [-0.15, -0.1) is 13.2 Å². The van der Waals surface area contributed by atoms with Crippen LogP contribution in [0, 0.1) is 0 Å². The van der Waals surface area contributed by atoms with Gasteiger partial charge < -0.3 is 0 Å². The van der Waals surface area contributed by atoms with E-state index in [1.165, 1.54) is 0 Å². The first-order valence-corrected chi connectivity index (χ1v) is 2.98. The maximum Gasteiger partial charge on any atom is 0.525 e. The van der Waals surface area contributed by atoms with Crippen LogP contribution in [0.3, 0.4) is 0 Å². The van der Waals surface area contributed by atoms with E-state index in [4.69, 9.17) is 0 Å². The minimum Gasteiger partial charge on any atom is -0.295 e.